The number of carbonyl (C=O) groups excluding carboxylic acids is 2. The van der Waals surface area contributed by atoms with Gasteiger partial charge < -0.3 is 40.2 Å². The number of nitrogens with zero attached hydrogens (tertiary/aromatic N) is 2. The van der Waals surface area contributed by atoms with Crippen LogP contribution in [0.2, 0.25) is 0 Å². The van der Waals surface area contributed by atoms with Gasteiger partial charge in [-0.2, -0.15) is 0 Å². The molecule has 4 aromatic rings. The molecule has 0 heterocycles. The molecule has 0 aliphatic heterocycles. The van der Waals surface area contributed by atoms with Gasteiger partial charge in [0.2, 0.25) is 0 Å². The van der Waals surface area contributed by atoms with E-state index in [9.17, 15) is 40.2 Å². The zero-order valence-corrected chi connectivity index (χ0v) is 39.3. The van der Waals surface area contributed by atoms with Gasteiger partial charge >= 0.3 is 20.4 Å². The molecule has 4 rings (SSSR count). The Morgan fingerprint density at radius 1 is 0.492 bits per heavy atom. The molecule has 0 aromatic heterocycles. The number of carboxylic acid groups (broad SMARTS) is 2. The van der Waals surface area contributed by atoms with Crippen molar-refractivity contribution in [3.05, 3.63) is 104 Å². The van der Waals surface area contributed by atoms with Crippen molar-refractivity contribution in [2.45, 2.75) is 146 Å². The number of aliphatic imine (C=N–C) groups is 2. The summed E-state index contributed by atoms with van der Waals surface area (Å²) in [5.74, 6) is -5.06. The van der Waals surface area contributed by atoms with Crippen LogP contribution >= 0.6 is 0 Å². The molecule has 0 amide bonds. The maximum Gasteiger partial charge on any atom is 2.00 e. The molecule has 4 aromatic carbocycles. The number of aromatic hydroxyl groups is 4. The second-order valence-corrected chi connectivity index (χ2v) is 14.7. The number of hydrogen-bond donors (Lipinski definition) is 4. The van der Waals surface area contributed by atoms with E-state index >= 15 is 0 Å². The Bertz CT molecular complexity index is 1990. The number of aromatic carboxylic acids is 2. The minimum atomic E-state index is -1.48. The van der Waals surface area contributed by atoms with Crippen LogP contribution < -0.4 is 10.2 Å². The molecule has 0 spiro atoms. The summed E-state index contributed by atoms with van der Waals surface area (Å²) in [5.41, 5.74) is 11.8. The van der Waals surface area contributed by atoms with Crippen LogP contribution in [0.4, 0.5) is 11.4 Å². The largest absolute Gasteiger partial charge is 2.00 e. The first kappa shape index (κ1) is 54.0. The van der Waals surface area contributed by atoms with E-state index in [4.69, 9.17) is 9.98 Å². The third-order valence-electron chi connectivity index (χ3n) is 10.8. The van der Waals surface area contributed by atoms with Crippen LogP contribution in [0.3, 0.4) is 0 Å². The SMILES string of the molecule is CCCCC(=Nc1ccc(CC)c(CC)c1)C(CCCC)=Nc1ccc(CC)c(CC)c1.CCc1cc(O)c(O)c(C(=O)[O-])c1C.CCc1cc(O)c(O)c(C(=O)[O-])c1C.[Pd+2]. The van der Waals surface area contributed by atoms with Crippen molar-refractivity contribution in [3.8, 4) is 23.0 Å². The first-order chi connectivity index (χ1) is 28.6. The smallest absolute Gasteiger partial charge is 0.545 e. The van der Waals surface area contributed by atoms with Crippen molar-refractivity contribution >= 4 is 34.7 Å². The molecule has 0 radical (unpaired) electrons. The molecular formula is C50H66N2O8Pd. The van der Waals surface area contributed by atoms with E-state index in [1.807, 2.05) is 13.8 Å². The Morgan fingerprint density at radius 3 is 1.07 bits per heavy atom. The molecule has 10 nitrogen and oxygen atoms in total. The molecule has 0 aliphatic rings. The first-order valence-corrected chi connectivity index (χ1v) is 21.5. The minimum Gasteiger partial charge on any atom is -0.545 e. The van der Waals surface area contributed by atoms with Crippen LogP contribution in [0.5, 0.6) is 23.0 Å². The number of rotatable bonds is 17. The molecule has 0 saturated heterocycles. The molecule has 0 atom stereocenters. The number of phenolic OH excluding ortho intramolecular Hbond substituents is 2. The van der Waals surface area contributed by atoms with Crippen molar-refractivity contribution in [1.82, 2.24) is 0 Å². The van der Waals surface area contributed by atoms with Crippen molar-refractivity contribution in [2.75, 3.05) is 0 Å². The summed E-state index contributed by atoms with van der Waals surface area (Å²) < 4.78 is 0. The maximum absolute atomic E-state index is 10.7. The Balaban J connectivity index is 0.000000529. The minimum absolute atomic E-state index is 0. The summed E-state index contributed by atoms with van der Waals surface area (Å²) in [6.07, 6.45) is 12.0. The molecule has 0 unspecified atom stereocenters. The average molecular weight is 930 g/mol. The van der Waals surface area contributed by atoms with Gasteiger partial charge in [-0.15, -0.1) is 0 Å². The van der Waals surface area contributed by atoms with E-state index < -0.39 is 34.9 Å². The van der Waals surface area contributed by atoms with Gasteiger partial charge in [-0.05, 0) is 159 Å². The zero-order chi connectivity index (χ0) is 45.1. The predicted molar refractivity (Wildman–Crippen MR) is 240 cm³/mol. The van der Waals surface area contributed by atoms with E-state index in [-0.39, 0.29) is 31.5 Å². The standard InChI is InChI=1S/C30H44N2.2C10H12O4.Pd/c1-7-13-15-29(31-27-19-17-23(9-3)25(11-5)21-27)30(16-14-8-2)32-28-20-18-24(10-4)26(12-6)22-28;2*1-3-6-4-7(11)9(12)8(5(6)2)10(13)14;/h17-22H,7-16H2,1-6H3;2*4,11-12H,3H2,1-2H3,(H,13,14);/q;;;+2/p-2. The van der Waals surface area contributed by atoms with Crippen LogP contribution in [0.25, 0.3) is 0 Å². The van der Waals surface area contributed by atoms with Gasteiger partial charge in [0.05, 0.1) is 34.7 Å². The van der Waals surface area contributed by atoms with Gasteiger partial charge in [0.15, 0.2) is 23.0 Å². The van der Waals surface area contributed by atoms with Crippen molar-refractivity contribution in [2.24, 2.45) is 9.98 Å². The average Bonchev–Trinajstić information content (AvgIpc) is 3.23. The zero-order valence-electron chi connectivity index (χ0n) is 37.7. The Morgan fingerprint density at radius 2 is 0.803 bits per heavy atom. The van der Waals surface area contributed by atoms with Gasteiger partial charge in [0, 0.05) is 11.1 Å². The monoisotopic (exact) mass is 928 g/mol. The summed E-state index contributed by atoms with van der Waals surface area (Å²) >= 11 is 0. The maximum atomic E-state index is 10.7. The van der Waals surface area contributed by atoms with E-state index in [0.717, 1.165) is 62.7 Å². The number of phenols is 4. The summed E-state index contributed by atoms with van der Waals surface area (Å²) in [6.45, 7) is 20.2. The second kappa shape index (κ2) is 27.1. The van der Waals surface area contributed by atoms with Gasteiger partial charge in [0.25, 0.3) is 0 Å². The van der Waals surface area contributed by atoms with E-state index in [1.165, 1.54) is 58.7 Å². The molecule has 11 heteroatoms. The molecular weight excluding hydrogens is 863 g/mol. The van der Waals surface area contributed by atoms with E-state index in [2.05, 4.69) is 77.9 Å². The van der Waals surface area contributed by atoms with Crippen molar-refractivity contribution in [3.63, 3.8) is 0 Å². The second-order valence-electron chi connectivity index (χ2n) is 14.7. The number of benzene rings is 4. The number of carbonyl (C=O) groups is 2. The first-order valence-electron chi connectivity index (χ1n) is 21.5. The van der Waals surface area contributed by atoms with Crippen LogP contribution in [-0.2, 0) is 58.9 Å². The van der Waals surface area contributed by atoms with Crippen LogP contribution in [0.1, 0.15) is 159 Å². The molecule has 0 aliphatic carbocycles. The third-order valence-corrected chi connectivity index (χ3v) is 10.8. The number of aryl methyl sites for hydroxylation is 6. The molecule has 61 heavy (non-hydrogen) atoms. The number of unbranched alkanes of at least 4 members (excludes halogenated alkanes) is 2. The molecule has 0 bridgehead atoms. The third kappa shape index (κ3) is 15.2. The van der Waals surface area contributed by atoms with Crippen molar-refractivity contribution < 1.29 is 60.7 Å². The van der Waals surface area contributed by atoms with Crippen LogP contribution in [0, 0.1) is 13.8 Å². The van der Waals surface area contributed by atoms with Crippen LogP contribution in [-0.4, -0.2) is 43.8 Å². The number of hydrogen-bond acceptors (Lipinski definition) is 10. The molecule has 4 N–H and O–H groups in total. The van der Waals surface area contributed by atoms with Crippen molar-refractivity contribution in [1.29, 1.82) is 0 Å². The van der Waals surface area contributed by atoms with Gasteiger partial charge in [-0.1, -0.05) is 80.4 Å². The van der Waals surface area contributed by atoms with Gasteiger partial charge in [0.1, 0.15) is 0 Å². The molecule has 0 fully saturated rings. The fourth-order valence-electron chi connectivity index (χ4n) is 7.09. The number of carboxylic acids is 2. The van der Waals surface area contributed by atoms with Gasteiger partial charge in [-0.3, -0.25) is 9.98 Å². The Labute approximate surface area is 377 Å². The summed E-state index contributed by atoms with van der Waals surface area (Å²) in [5, 5.41) is 58.4. The quantitative estimate of drug-likeness (QED) is 0.0458. The van der Waals surface area contributed by atoms with Gasteiger partial charge in [-0.25, -0.2) is 0 Å². The summed E-state index contributed by atoms with van der Waals surface area (Å²) in [7, 11) is 0. The Hall–Kier alpha value is -4.98. The normalized spacial score (nSPS) is 11.2. The fourth-order valence-corrected chi connectivity index (χ4v) is 7.09. The predicted octanol–water partition coefficient (Wildman–Crippen LogP) is 9.82. The van der Waals surface area contributed by atoms with E-state index in [0.29, 0.717) is 35.1 Å². The summed E-state index contributed by atoms with van der Waals surface area (Å²) in [4.78, 5) is 31.7. The van der Waals surface area contributed by atoms with Crippen LogP contribution in [0.15, 0.2) is 58.5 Å². The molecule has 0 saturated carbocycles. The molecule has 334 valence electrons. The Kier molecular flexibility index (Phi) is 24.0. The fraction of sp³-hybridized carbons (Fsp3) is 0.440. The van der Waals surface area contributed by atoms with E-state index in [1.54, 1.807) is 13.8 Å². The topological polar surface area (TPSA) is 186 Å². The summed E-state index contributed by atoms with van der Waals surface area (Å²) in [6, 6.07) is 16.2.